The molecule has 3 nitrogen and oxygen atoms in total. The molecule has 7 heteroatoms. The number of hydrogen-bond acceptors (Lipinski definition) is 3. The summed E-state index contributed by atoms with van der Waals surface area (Å²) >= 11 is 1.33. The third kappa shape index (κ3) is 4.40. The van der Waals surface area contributed by atoms with Crippen LogP contribution in [0.5, 0.6) is 0 Å². The van der Waals surface area contributed by atoms with Crippen LogP contribution in [0.2, 0.25) is 0 Å². The Kier molecular flexibility index (Phi) is 5.03. The molecule has 0 unspecified atom stereocenters. The van der Waals surface area contributed by atoms with E-state index in [0.717, 1.165) is 17.7 Å². The van der Waals surface area contributed by atoms with Gasteiger partial charge >= 0.3 is 6.18 Å². The SMILES string of the molecule is CC(C)(O)CSc1nc2cc(C(F)(F)F)ccc2n1Cc1ccccc1. The molecule has 3 aromatic rings. The van der Waals surface area contributed by atoms with Crippen LogP contribution in [0.4, 0.5) is 13.2 Å². The third-order valence-corrected chi connectivity index (χ3v) is 5.20. The summed E-state index contributed by atoms with van der Waals surface area (Å²) in [6, 6.07) is 13.3. The summed E-state index contributed by atoms with van der Waals surface area (Å²) in [5.74, 6) is 0.386. The average Bonchev–Trinajstić information content (AvgIpc) is 2.89. The Labute approximate surface area is 153 Å². The van der Waals surface area contributed by atoms with E-state index >= 15 is 0 Å². The predicted molar refractivity (Wildman–Crippen MR) is 97.3 cm³/mol. The van der Waals surface area contributed by atoms with Crippen LogP contribution < -0.4 is 0 Å². The molecule has 0 atom stereocenters. The summed E-state index contributed by atoms with van der Waals surface area (Å²) in [5.41, 5.74) is 0.344. The van der Waals surface area contributed by atoms with Crippen LogP contribution in [0.1, 0.15) is 25.0 Å². The van der Waals surface area contributed by atoms with Gasteiger partial charge in [0.05, 0.1) is 28.7 Å². The van der Waals surface area contributed by atoms with Crippen LogP contribution in [-0.4, -0.2) is 26.0 Å². The van der Waals surface area contributed by atoms with Gasteiger partial charge in [-0.05, 0) is 37.6 Å². The van der Waals surface area contributed by atoms with Gasteiger partial charge in [0.1, 0.15) is 0 Å². The van der Waals surface area contributed by atoms with Crippen molar-refractivity contribution in [2.75, 3.05) is 5.75 Å². The van der Waals surface area contributed by atoms with Crippen molar-refractivity contribution in [3.8, 4) is 0 Å². The van der Waals surface area contributed by atoms with Gasteiger partial charge in [0.25, 0.3) is 0 Å². The zero-order valence-corrected chi connectivity index (χ0v) is 15.2. The molecule has 1 N–H and O–H groups in total. The van der Waals surface area contributed by atoms with E-state index in [2.05, 4.69) is 4.98 Å². The number of alkyl halides is 3. The molecule has 1 aromatic heterocycles. The number of halogens is 3. The van der Waals surface area contributed by atoms with E-state index in [1.807, 2.05) is 34.9 Å². The van der Waals surface area contributed by atoms with E-state index in [0.29, 0.717) is 28.5 Å². The highest BCUT2D eigenvalue weighted by Gasteiger charge is 2.31. The second kappa shape index (κ2) is 6.96. The van der Waals surface area contributed by atoms with Gasteiger partial charge in [-0.2, -0.15) is 13.2 Å². The Bertz CT molecular complexity index is 899. The largest absolute Gasteiger partial charge is 0.416 e. The highest BCUT2D eigenvalue weighted by atomic mass is 32.2. The lowest BCUT2D eigenvalue weighted by molar-refractivity contribution is -0.137. The maximum absolute atomic E-state index is 13.0. The first-order valence-electron chi connectivity index (χ1n) is 8.10. The standard InChI is InChI=1S/C19H19F3N2OS/c1-18(2,25)12-26-17-23-15-10-14(19(20,21)22)8-9-16(15)24(17)11-13-6-4-3-5-7-13/h3-10,25H,11-12H2,1-2H3. The lowest BCUT2D eigenvalue weighted by Gasteiger charge is -2.16. The predicted octanol–water partition coefficient (Wildman–Crippen LogP) is 4.97. The van der Waals surface area contributed by atoms with Crippen LogP contribution in [0.3, 0.4) is 0 Å². The minimum Gasteiger partial charge on any atom is -0.390 e. The van der Waals surface area contributed by atoms with Gasteiger partial charge in [0.15, 0.2) is 5.16 Å². The molecule has 0 fully saturated rings. The van der Waals surface area contributed by atoms with E-state index in [4.69, 9.17) is 0 Å². The maximum Gasteiger partial charge on any atom is 0.416 e. The lowest BCUT2D eigenvalue weighted by Crippen LogP contribution is -2.22. The number of thioether (sulfide) groups is 1. The van der Waals surface area contributed by atoms with Crippen molar-refractivity contribution in [2.45, 2.75) is 37.3 Å². The van der Waals surface area contributed by atoms with Crippen molar-refractivity contribution in [2.24, 2.45) is 0 Å². The Morgan fingerprint density at radius 3 is 2.38 bits per heavy atom. The Morgan fingerprint density at radius 2 is 1.77 bits per heavy atom. The molecule has 0 aliphatic heterocycles. The van der Waals surface area contributed by atoms with Crippen LogP contribution in [0.25, 0.3) is 11.0 Å². The van der Waals surface area contributed by atoms with Gasteiger partial charge < -0.3 is 9.67 Å². The molecular formula is C19H19F3N2OS. The lowest BCUT2D eigenvalue weighted by atomic mass is 10.2. The Morgan fingerprint density at radius 1 is 1.08 bits per heavy atom. The molecule has 0 bridgehead atoms. The number of rotatable bonds is 5. The highest BCUT2D eigenvalue weighted by Crippen LogP contribution is 2.33. The van der Waals surface area contributed by atoms with Crippen LogP contribution in [-0.2, 0) is 12.7 Å². The van der Waals surface area contributed by atoms with E-state index in [1.165, 1.54) is 17.8 Å². The number of hydrogen-bond donors (Lipinski definition) is 1. The molecule has 0 radical (unpaired) electrons. The molecule has 138 valence electrons. The molecule has 2 aromatic carbocycles. The summed E-state index contributed by atoms with van der Waals surface area (Å²) in [4.78, 5) is 4.40. The number of aliphatic hydroxyl groups is 1. The molecule has 3 rings (SSSR count). The molecule has 0 spiro atoms. The second-order valence-electron chi connectivity index (χ2n) is 6.77. The zero-order chi connectivity index (χ0) is 18.9. The molecule has 0 saturated carbocycles. The van der Waals surface area contributed by atoms with Crippen molar-refractivity contribution in [3.63, 3.8) is 0 Å². The third-order valence-electron chi connectivity index (χ3n) is 3.78. The summed E-state index contributed by atoms with van der Waals surface area (Å²) in [5, 5.41) is 10.6. The Balaban J connectivity index is 2.05. The summed E-state index contributed by atoms with van der Waals surface area (Å²) in [6.45, 7) is 3.87. The highest BCUT2D eigenvalue weighted by molar-refractivity contribution is 7.99. The number of benzene rings is 2. The molecule has 0 aliphatic carbocycles. The minimum atomic E-state index is -4.40. The maximum atomic E-state index is 13.0. The van der Waals surface area contributed by atoms with Gasteiger partial charge in [-0.3, -0.25) is 0 Å². The topological polar surface area (TPSA) is 38.1 Å². The van der Waals surface area contributed by atoms with E-state index in [1.54, 1.807) is 13.8 Å². The average molecular weight is 380 g/mol. The van der Waals surface area contributed by atoms with Gasteiger partial charge in [-0.1, -0.05) is 42.1 Å². The summed E-state index contributed by atoms with van der Waals surface area (Å²) in [6.07, 6.45) is -4.40. The quantitative estimate of drug-likeness (QED) is 0.636. The van der Waals surface area contributed by atoms with Crippen molar-refractivity contribution >= 4 is 22.8 Å². The molecule has 26 heavy (non-hydrogen) atoms. The summed E-state index contributed by atoms with van der Waals surface area (Å²) in [7, 11) is 0. The van der Waals surface area contributed by atoms with E-state index < -0.39 is 17.3 Å². The number of fused-ring (bicyclic) bond motifs is 1. The van der Waals surface area contributed by atoms with Gasteiger partial charge in [-0.15, -0.1) is 0 Å². The monoisotopic (exact) mass is 380 g/mol. The Hall–Kier alpha value is -1.99. The molecular weight excluding hydrogens is 361 g/mol. The van der Waals surface area contributed by atoms with Gasteiger partial charge in [0, 0.05) is 5.75 Å². The van der Waals surface area contributed by atoms with E-state index in [-0.39, 0.29) is 0 Å². The first-order chi connectivity index (χ1) is 12.1. The normalized spacial score (nSPS) is 12.7. The van der Waals surface area contributed by atoms with Crippen molar-refractivity contribution in [1.82, 2.24) is 9.55 Å². The fourth-order valence-electron chi connectivity index (χ4n) is 2.55. The van der Waals surface area contributed by atoms with Crippen LogP contribution in [0.15, 0.2) is 53.7 Å². The van der Waals surface area contributed by atoms with Crippen molar-refractivity contribution < 1.29 is 18.3 Å². The number of nitrogens with zero attached hydrogens (tertiary/aromatic N) is 2. The first-order valence-corrected chi connectivity index (χ1v) is 9.09. The summed E-state index contributed by atoms with van der Waals surface area (Å²) < 4.78 is 40.9. The smallest absolute Gasteiger partial charge is 0.390 e. The van der Waals surface area contributed by atoms with Crippen LogP contribution >= 0.6 is 11.8 Å². The second-order valence-corrected chi connectivity index (χ2v) is 7.71. The van der Waals surface area contributed by atoms with E-state index in [9.17, 15) is 18.3 Å². The fraction of sp³-hybridized carbons (Fsp3) is 0.316. The zero-order valence-electron chi connectivity index (χ0n) is 14.4. The minimum absolute atomic E-state index is 0.300. The van der Waals surface area contributed by atoms with Crippen LogP contribution in [0, 0.1) is 0 Å². The van der Waals surface area contributed by atoms with Gasteiger partial charge in [-0.25, -0.2) is 4.98 Å². The van der Waals surface area contributed by atoms with Crippen molar-refractivity contribution in [3.05, 3.63) is 59.7 Å². The number of aromatic nitrogens is 2. The number of imidazole rings is 1. The molecule has 0 amide bonds. The van der Waals surface area contributed by atoms with Crippen molar-refractivity contribution in [1.29, 1.82) is 0 Å². The molecule has 1 heterocycles. The molecule has 0 aliphatic rings. The fourth-order valence-corrected chi connectivity index (χ4v) is 3.52. The first kappa shape index (κ1) is 18.8. The van der Waals surface area contributed by atoms with Gasteiger partial charge in [0.2, 0.25) is 0 Å². The molecule has 0 saturated heterocycles.